The molecule has 0 amide bonds. The number of aliphatic hydroxyl groups excluding tert-OH is 1. The van der Waals surface area contributed by atoms with Crippen molar-refractivity contribution in [3.05, 3.63) is 0 Å². The summed E-state index contributed by atoms with van der Waals surface area (Å²) in [6.45, 7) is 5.60. The van der Waals surface area contributed by atoms with Crippen molar-refractivity contribution >= 4 is 17.7 Å². The minimum Gasteiger partial charge on any atom is -0.459 e. The van der Waals surface area contributed by atoms with Crippen LogP contribution in [0.2, 0.25) is 0 Å². The molecule has 0 spiro atoms. The van der Waals surface area contributed by atoms with Crippen molar-refractivity contribution in [3.8, 4) is 0 Å². The van der Waals surface area contributed by atoms with E-state index in [1.165, 1.54) is 11.8 Å². The molecular formula is C12H22O3S. The van der Waals surface area contributed by atoms with Crippen LogP contribution in [0.4, 0.5) is 0 Å². The van der Waals surface area contributed by atoms with Gasteiger partial charge in [0.25, 0.3) is 0 Å². The fourth-order valence-electron chi connectivity index (χ4n) is 1.82. The molecule has 1 fully saturated rings. The van der Waals surface area contributed by atoms with Crippen LogP contribution in [0, 0.1) is 0 Å². The number of esters is 1. The molecule has 1 rings (SSSR count). The smallest absolute Gasteiger partial charge is 0.316 e. The van der Waals surface area contributed by atoms with Gasteiger partial charge in [0.2, 0.25) is 0 Å². The third-order valence-electron chi connectivity index (χ3n) is 2.50. The van der Waals surface area contributed by atoms with Crippen molar-refractivity contribution in [2.24, 2.45) is 0 Å². The van der Waals surface area contributed by atoms with Crippen LogP contribution < -0.4 is 0 Å². The van der Waals surface area contributed by atoms with E-state index in [-0.39, 0.29) is 17.3 Å². The third-order valence-corrected chi connectivity index (χ3v) is 3.88. The van der Waals surface area contributed by atoms with E-state index >= 15 is 0 Å². The normalized spacial score (nSPS) is 26.5. The maximum Gasteiger partial charge on any atom is 0.316 e. The van der Waals surface area contributed by atoms with E-state index in [2.05, 4.69) is 0 Å². The first-order chi connectivity index (χ1) is 7.38. The molecule has 1 aliphatic carbocycles. The minimum atomic E-state index is -0.414. The lowest BCUT2D eigenvalue weighted by atomic mass is 9.97. The van der Waals surface area contributed by atoms with Crippen LogP contribution in [0.3, 0.4) is 0 Å². The second-order valence-electron chi connectivity index (χ2n) is 5.29. The van der Waals surface area contributed by atoms with Gasteiger partial charge >= 0.3 is 5.97 Å². The van der Waals surface area contributed by atoms with Gasteiger partial charge in [-0.3, -0.25) is 4.79 Å². The van der Waals surface area contributed by atoms with E-state index in [1.54, 1.807) is 0 Å². The average Bonchev–Trinajstić information content (AvgIpc) is 2.14. The highest BCUT2D eigenvalue weighted by Gasteiger charge is 2.25. The van der Waals surface area contributed by atoms with Crippen molar-refractivity contribution in [1.29, 1.82) is 0 Å². The Morgan fingerprint density at radius 3 is 2.56 bits per heavy atom. The first-order valence-corrected chi connectivity index (χ1v) is 6.95. The molecule has 0 bridgehead atoms. The predicted octanol–water partition coefficient (Wildman–Crippen LogP) is 2.36. The second-order valence-corrected chi connectivity index (χ2v) is 6.52. The SMILES string of the molecule is CC(C)(C)OC(=O)CS[C@@H]1CCCC[C@H]1O. The number of hydrogen-bond donors (Lipinski definition) is 1. The van der Waals surface area contributed by atoms with Gasteiger partial charge in [-0.2, -0.15) is 0 Å². The molecule has 2 atom stereocenters. The zero-order valence-corrected chi connectivity index (χ0v) is 11.2. The van der Waals surface area contributed by atoms with Gasteiger partial charge < -0.3 is 9.84 Å². The summed E-state index contributed by atoms with van der Waals surface area (Å²) in [5.41, 5.74) is -0.414. The van der Waals surface area contributed by atoms with Gasteiger partial charge in [-0.25, -0.2) is 0 Å². The molecule has 4 heteroatoms. The van der Waals surface area contributed by atoms with Crippen molar-refractivity contribution < 1.29 is 14.6 Å². The summed E-state index contributed by atoms with van der Waals surface area (Å²) in [7, 11) is 0. The Morgan fingerprint density at radius 2 is 2.00 bits per heavy atom. The van der Waals surface area contributed by atoms with Crippen LogP contribution in [0.15, 0.2) is 0 Å². The quantitative estimate of drug-likeness (QED) is 0.777. The summed E-state index contributed by atoms with van der Waals surface area (Å²) in [6.07, 6.45) is 3.88. The Kier molecular flexibility index (Phi) is 5.12. The van der Waals surface area contributed by atoms with Gasteiger partial charge in [0, 0.05) is 5.25 Å². The van der Waals surface area contributed by atoms with Gasteiger partial charge in [0.05, 0.1) is 11.9 Å². The van der Waals surface area contributed by atoms with E-state index in [0.29, 0.717) is 5.75 Å². The molecule has 0 saturated heterocycles. The Labute approximate surface area is 102 Å². The van der Waals surface area contributed by atoms with E-state index in [0.717, 1.165) is 25.7 Å². The number of hydrogen-bond acceptors (Lipinski definition) is 4. The monoisotopic (exact) mass is 246 g/mol. The molecule has 1 aliphatic rings. The van der Waals surface area contributed by atoms with Crippen LogP contribution >= 0.6 is 11.8 Å². The zero-order valence-electron chi connectivity index (χ0n) is 10.4. The maximum absolute atomic E-state index is 11.5. The fraction of sp³-hybridized carbons (Fsp3) is 0.917. The molecule has 0 aromatic rings. The summed E-state index contributed by atoms with van der Waals surface area (Å²) in [4.78, 5) is 11.5. The largest absolute Gasteiger partial charge is 0.459 e. The predicted molar refractivity (Wildman–Crippen MR) is 66.6 cm³/mol. The molecule has 1 saturated carbocycles. The number of aliphatic hydroxyl groups is 1. The van der Waals surface area contributed by atoms with Crippen LogP contribution in [-0.2, 0) is 9.53 Å². The summed E-state index contributed by atoms with van der Waals surface area (Å²) in [5, 5.41) is 9.95. The zero-order chi connectivity index (χ0) is 12.2. The van der Waals surface area contributed by atoms with Crippen molar-refractivity contribution in [3.63, 3.8) is 0 Å². The minimum absolute atomic E-state index is 0.185. The molecule has 16 heavy (non-hydrogen) atoms. The Balaban J connectivity index is 2.25. The number of carbonyl (C=O) groups excluding carboxylic acids is 1. The van der Waals surface area contributed by atoms with Crippen LogP contribution in [0.25, 0.3) is 0 Å². The number of thioether (sulfide) groups is 1. The van der Waals surface area contributed by atoms with Gasteiger partial charge in [0.15, 0.2) is 0 Å². The molecule has 0 aromatic carbocycles. The van der Waals surface area contributed by atoms with E-state index in [1.807, 2.05) is 20.8 Å². The molecule has 0 aromatic heterocycles. The highest BCUT2D eigenvalue weighted by molar-refractivity contribution is 8.00. The molecule has 0 heterocycles. The summed E-state index contributed by atoms with van der Waals surface area (Å²) in [5.74, 6) is 0.161. The Bertz CT molecular complexity index is 235. The molecular weight excluding hydrogens is 224 g/mol. The van der Waals surface area contributed by atoms with Crippen molar-refractivity contribution in [2.75, 3.05) is 5.75 Å². The van der Waals surface area contributed by atoms with Gasteiger partial charge in [-0.05, 0) is 33.6 Å². The van der Waals surface area contributed by atoms with E-state index in [4.69, 9.17) is 4.74 Å². The van der Waals surface area contributed by atoms with Crippen LogP contribution in [0.1, 0.15) is 46.5 Å². The molecule has 1 N–H and O–H groups in total. The first-order valence-electron chi connectivity index (χ1n) is 5.90. The standard InChI is InChI=1S/C12H22O3S/c1-12(2,3)15-11(14)8-16-10-7-5-4-6-9(10)13/h9-10,13H,4-8H2,1-3H3/t9-,10-/m1/s1. The first kappa shape index (κ1) is 13.8. The summed E-state index contributed by atoms with van der Waals surface area (Å²) in [6, 6.07) is 0. The molecule has 0 aliphatic heterocycles. The van der Waals surface area contributed by atoms with E-state index < -0.39 is 5.60 Å². The van der Waals surface area contributed by atoms with Crippen molar-refractivity contribution in [2.45, 2.75) is 63.4 Å². The Morgan fingerprint density at radius 1 is 1.38 bits per heavy atom. The summed E-state index contributed by atoms with van der Waals surface area (Å²) < 4.78 is 5.22. The van der Waals surface area contributed by atoms with Gasteiger partial charge in [0.1, 0.15) is 5.60 Å². The lowest BCUT2D eigenvalue weighted by Crippen LogP contribution is -2.30. The van der Waals surface area contributed by atoms with Gasteiger partial charge in [-0.15, -0.1) is 11.8 Å². The lowest BCUT2D eigenvalue weighted by Gasteiger charge is -2.27. The lowest BCUT2D eigenvalue weighted by molar-refractivity contribution is -0.151. The number of ether oxygens (including phenoxy) is 1. The fourth-order valence-corrected chi connectivity index (χ4v) is 2.92. The highest BCUT2D eigenvalue weighted by atomic mass is 32.2. The number of rotatable bonds is 3. The topological polar surface area (TPSA) is 46.5 Å². The van der Waals surface area contributed by atoms with Crippen LogP contribution in [0.5, 0.6) is 0 Å². The number of carbonyl (C=O) groups is 1. The third kappa shape index (κ3) is 5.21. The molecule has 0 radical (unpaired) electrons. The van der Waals surface area contributed by atoms with E-state index in [9.17, 15) is 9.90 Å². The summed E-state index contributed by atoms with van der Waals surface area (Å²) >= 11 is 1.53. The maximum atomic E-state index is 11.5. The molecule has 0 unspecified atom stereocenters. The average molecular weight is 246 g/mol. The molecule has 94 valence electrons. The highest BCUT2D eigenvalue weighted by Crippen LogP contribution is 2.28. The van der Waals surface area contributed by atoms with Crippen LogP contribution in [-0.4, -0.2) is 33.8 Å². The Hall–Kier alpha value is -0.220. The molecule has 3 nitrogen and oxygen atoms in total. The van der Waals surface area contributed by atoms with Crippen molar-refractivity contribution in [1.82, 2.24) is 0 Å². The van der Waals surface area contributed by atoms with Gasteiger partial charge in [-0.1, -0.05) is 12.8 Å². The second kappa shape index (κ2) is 5.92.